The Labute approximate surface area is 72.7 Å². The lowest BCUT2D eigenvalue weighted by Crippen LogP contribution is -1.93. The Balaban J connectivity index is 3.17. The first-order valence-corrected chi connectivity index (χ1v) is 3.43. The number of carbonyl (C=O) groups excluding carboxylic acids is 1. The van der Waals surface area contributed by atoms with E-state index in [9.17, 15) is 9.59 Å². The van der Waals surface area contributed by atoms with Crippen molar-refractivity contribution < 1.29 is 19.1 Å². The van der Waals surface area contributed by atoms with Gasteiger partial charge in [0.1, 0.15) is 0 Å². The number of hydrogen-bond acceptors (Lipinski definition) is 3. The molecule has 0 fully saturated rings. The zero-order chi connectivity index (χ0) is 9.30. The Morgan fingerprint density at radius 1 is 1.58 bits per heavy atom. The number of halogens is 1. The third kappa shape index (κ3) is 1.48. The van der Waals surface area contributed by atoms with Gasteiger partial charge in [0, 0.05) is 6.07 Å². The fraction of sp³-hybridized carbons (Fsp3) is 0.143. The zero-order valence-corrected chi connectivity index (χ0v) is 6.88. The number of aromatic carboxylic acids is 1. The van der Waals surface area contributed by atoms with Gasteiger partial charge in [0.05, 0.1) is 5.56 Å². The predicted molar refractivity (Wildman–Crippen MR) is 40.7 cm³/mol. The summed E-state index contributed by atoms with van der Waals surface area (Å²) in [6, 6.07) is 1.10. The topological polar surface area (TPSA) is 67.5 Å². The second-order valence-electron chi connectivity index (χ2n) is 2.16. The van der Waals surface area contributed by atoms with E-state index < -0.39 is 5.97 Å². The fourth-order valence-corrected chi connectivity index (χ4v) is 0.985. The maximum atomic E-state index is 10.8. The lowest BCUT2D eigenvalue weighted by atomic mass is 10.2. The molecule has 1 aromatic heterocycles. The van der Waals surface area contributed by atoms with Gasteiger partial charge in [0.2, 0.25) is 11.0 Å². The van der Waals surface area contributed by atoms with E-state index in [1.165, 1.54) is 6.92 Å². The van der Waals surface area contributed by atoms with Gasteiger partial charge >= 0.3 is 5.97 Å². The van der Waals surface area contributed by atoms with Crippen LogP contribution in [0.3, 0.4) is 0 Å². The first kappa shape index (κ1) is 8.80. The summed E-state index contributed by atoms with van der Waals surface area (Å²) in [6.07, 6.45) is 0. The molecule has 1 rings (SSSR count). The van der Waals surface area contributed by atoms with Crippen molar-refractivity contribution in [3.8, 4) is 0 Å². The van der Waals surface area contributed by atoms with Crippen LogP contribution in [-0.2, 0) is 0 Å². The van der Waals surface area contributed by atoms with Gasteiger partial charge in [0.25, 0.3) is 0 Å². The van der Waals surface area contributed by atoms with Gasteiger partial charge in [-0.3, -0.25) is 4.79 Å². The Hall–Kier alpha value is -1.29. The first-order valence-electron chi connectivity index (χ1n) is 3.06. The van der Waals surface area contributed by atoms with E-state index in [2.05, 4.69) is 4.42 Å². The molecule has 0 saturated heterocycles. The minimum Gasteiger partial charge on any atom is -0.475 e. The van der Waals surface area contributed by atoms with Crippen molar-refractivity contribution in [2.45, 2.75) is 6.92 Å². The van der Waals surface area contributed by atoms with Gasteiger partial charge < -0.3 is 9.52 Å². The first-order chi connectivity index (χ1) is 5.52. The zero-order valence-electron chi connectivity index (χ0n) is 6.13. The molecule has 5 heteroatoms. The smallest absolute Gasteiger partial charge is 0.371 e. The van der Waals surface area contributed by atoms with Crippen molar-refractivity contribution in [3.05, 3.63) is 22.6 Å². The van der Waals surface area contributed by atoms with Gasteiger partial charge in [-0.05, 0) is 18.5 Å². The molecule has 0 aliphatic rings. The van der Waals surface area contributed by atoms with Gasteiger partial charge in [0.15, 0.2) is 5.78 Å². The monoisotopic (exact) mass is 188 g/mol. The maximum absolute atomic E-state index is 10.8. The van der Waals surface area contributed by atoms with Crippen LogP contribution < -0.4 is 0 Å². The van der Waals surface area contributed by atoms with E-state index >= 15 is 0 Å². The molecule has 0 aromatic carbocycles. The van der Waals surface area contributed by atoms with Crippen LogP contribution in [0.4, 0.5) is 0 Å². The van der Waals surface area contributed by atoms with Crippen molar-refractivity contribution in [3.63, 3.8) is 0 Å². The van der Waals surface area contributed by atoms with Crippen LogP contribution in [0.5, 0.6) is 0 Å². The number of ketones is 1. The van der Waals surface area contributed by atoms with E-state index in [4.69, 9.17) is 16.7 Å². The highest BCUT2D eigenvalue weighted by Gasteiger charge is 2.16. The number of carboxylic acids is 1. The summed E-state index contributed by atoms with van der Waals surface area (Å²) in [5, 5.41) is 8.26. The molecule has 0 spiro atoms. The molecule has 0 amide bonds. The Morgan fingerprint density at radius 2 is 2.17 bits per heavy atom. The molecule has 4 nitrogen and oxygen atoms in total. The Morgan fingerprint density at radius 3 is 2.42 bits per heavy atom. The van der Waals surface area contributed by atoms with Gasteiger partial charge in [-0.2, -0.15) is 0 Å². The van der Waals surface area contributed by atoms with Crippen molar-refractivity contribution >= 4 is 23.4 Å². The molecule has 64 valence electrons. The predicted octanol–water partition coefficient (Wildman–Crippen LogP) is 1.83. The number of hydrogen-bond donors (Lipinski definition) is 1. The number of carbonyl (C=O) groups is 2. The van der Waals surface area contributed by atoms with Crippen LogP contribution in [0.2, 0.25) is 5.22 Å². The molecule has 0 aliphatic heterocycles. The number of rotatable bonds is 2. The number of Topliss-reactive ketones (excluding diaryl/α,β-unsaturated/α-hetero) is 1. The number of carboxylic acid groups (broad SMARTS) is 1. The highest BCUT2D eigenvalue weighted by Crippen LogP contribution is 2.21. The molecule has 0 aliphatic carbocycles. The maximum Gasteiger partial charge on any atom is 0.371 e. The van der Waals surface area contributed by atoms with Gasteiger partial charge in [-0.15, -0.1) is 0 Å². The van der Waals surface area contributed by atoms with Crippen molar-refractivity contribution in [1.82, 2.24) is 0 Å². The number of furan rings is 1. The van der Waals surface area contributed by atoms with Crippen molar-refractivity contribution in [2.75, 3.05) is 0 Å². The average Bonchev–Trinajstić information content (AvgIpc) is 2.30. The Bertz CT molecular complexity index is 339. The highest BCUT2D eigenvalue weighted by molar-refractivity contribution is 6.32. The summed E-state index contributed by atoms with van der Waals surface area (Å²) in [7, 11) is 0. The highest BCUT2D eigenvalue weighted by atomic mass is 35.5. The summed E-state index contributed by atoms with van der Waals surface area (Å²) in [5.74, 6) is -1.90. The molecule has 0 unspecified atom stereocenters. The van der Waals surface area contributed by atoms with Crippen LogP contribution in [0.15, 0.2) is 10.5 Å². The lowest BCUT2D eigenvalue weighted by Gasteiger charge is -1.84. The molecule has 0 bridgehead atoms. The van der Waals surface area contributed by atoms with E-state index in [1.807, 2.05) is 0 Å². The molecular formula is C7H5ClO4. The molecule has 0 radical (unpaired) electrons. The minimum absolute atomic E-state index is 0.0917. The van der Waals surface area contributed by atoms with Crippen LogP contribution >= 0.6 is 11.6 Å². The minimum atomic E-state index is -1.25. The summed E-state index contributed by atoms with van der Waals surface area (Å²) >= 11 is 5.43. The second-order valence-corrected chi connectivity index (χ2v) is 2.50. The average molecular weight is 189 g/mol. The largest absolute Gasteiger partial charge is 0.475 e. The second kappa shape index (κ2) is 2.98. The van der Waals surface area contributed by atoms with Gasteiger partial charge in [-0.25, -0.2) is 4.79 Å². The fourth-order valence-electron chi connectivity index (χ4n) is 0.714. The van der Waals surface area contributed by atoms with Crippen molar-refractivity contribution in [1.29, 1.82) is 0 Å². The lowest BCUT2D eigenvalue weighted by molar-refractivity contribution is 0.0662. The Kier molecular flexibility index (Phi) is 2.19. The molecule has 0 saturated carbocycles. The van der Waals surface area contributed by atoms with Gasteiger partial charge in [-0.1, -0.05) is 0 Å². The molecule has 1 N–H and O–H groups in total. The van der Waals surface area contributed by atoms with E-state index in [0.717, 1.165) is 6.07 Å². The molecule has 0 atom stereocenters. The third-order valence-electron chi connectivity index (χ3n) is 1.28. The summed E-state index contributed by atoms with van der Waals surface area (Å²) < 4.78 is 4.58. The molecule has 1 heterocycles. The van der Waals surface area contributed by atoms with E-state index in [-0.39, 0.29) is 22.3 Å². The van der Waals surface area contributed by atoms with Crippen LogP contribution in [0.1, 0.15) is 27.8 Å². The van der Waals surface area contributed by atoms with E-state index in [0.29, 0.717) is 0 Å². The summed E-state index contributed by atoms with van der Waals surface area (Å²) in [5.41, 5.74) is 0.0917. The van der Waals surface area contributed by atoms with Crippen LogP contribution in [0, 0.1) is 0 Å². The van der Waals surface area contributed by atoms with Crippen LogP contribution in [0.25, 0.3) is 0 Å². The normalized spacial score (nSPS) is 9.83. The standard InChI is InChI=1S/C7H5ClO4/c1-3(9)4-2-5(7(10)11)12-6(4)8/h2H,1H3,(H,10,11). The summed E-state index contributed by atoms with van der Waals surface area (Å²) in [4.78, 5) is 21.1. The molecular weight excluding hydrogens is 184 g/mol. The quantitative estimate of drug-likeness (QED) is 0.719. The third-order valence-corrected chi connectivity index (χ3v) is 1.56. The van der Waals surface area contributed by atoms with Crippen LogP contribution in [-0.4, -0.2) is 16.9 Å². The van der Waals surface area contributed by atoms with Crippen molar-refractivity contribution in [2.24, 2.45) is 0 Å². The SMILES string of the molecule is CC(=O)c1cc(C(=O)O)oc1Cl. The molecule has 12 heavy (non-hydrogen) atoms. The summed E-state index contributed by atoms with van der Waals surface area (Å²) in [6.45, 7) is 1.28. The van der Waals surface area contributed by atoms with E-state index in [1.54, 1.807) is 0 Å². The molecule has 1 aromatic rings.